The standard InChI is InChI=1S/C13H24O4Si/c1-13(2,3)18(4,5)15-8-10-12-9(14)6-7-11(16-10)17-12/h10-12H,6-8H2,1-5H3/t10-,11+,12-/m1/s1. The van der Waals surface area contributed by atoms with Crippen LogP contribution in [0.5, 0.6) is 0 Å². The lowest BCUT2D eigenvalue weighted by molar-refractivity contribution is -0.141. The molecular weight excluding hydrogens is 248 g/mol. The van der Waals surface area contributed by atoms with Crippen molar-refractivity contribution in [3.8, 4) is 0 Å². The second kappa shape index (κ2) is 4.70. The molecule has 5 heteroatoms. The van der Waals surface area contributed by atoms with Gasteiger partial charge in [0.1, 0.15) is 12.2 Å². The zero-order valence-corrected chi connectivity index (χ0v) is 13.0. The van der Waals surface area contributed by atoms with Crippen LogP contribution in [0.15, 0.2) is 0 Å². The maximum Gasteiger partial charge on any atom is 0.192 e. The van der Waals surface area contributed by atoms with E-state index in [-0.39, 0.29) is 23.2 Å². The molecule has 2 heterocycles. The molecule has 4 nitrogen and oxygen atoms in total. The summed E-state index contributed by atoms with van der Waals surface area (Å²) in [4.78, 5) is 11.7. The van der Waals surface area contributed by atoms with Crippen LogP contribution in [0.3, 0.4) is 0 Å². The van der Waals surface area contributed by atoms with E-state index in [4.69, 9.17) is 13.9 Å². The summed E-state index contributed by atoms with van der Waals surface area (Å²) in [5.74, 6) is 0.160. The Bertz CT molecular complexity index is 334. The molecule has 0 unspecified atom stereocenters. The van der Waals surface area contributed by atoms with Gasteiger partial charge in [0.25, 0.3) is 0 Å². The van der Waals surface area contributed by atoms with Gasteiger partial charge in [-0.05, 0) is 18.1 Å². The first-order chi connectivity index (χ1) is 8.21. The minimum Gasteiger partial charge on any atom is -0.414 e. The molecule has 2 saturated heterocycles. The molecule has 0 spiro atoms. The molecule has 18 heavy (non-hydrogen) atoms. The first-order valence-corrected chi connectivity index (χ1v) is 9.59. The number of ether oxygens (including phenoxy) is 2. The lowest BCUT2D eigenvalue weighted by Gasteiger charge is -2.37. The van der Waals surface area contributed by atoms with E-state index < -0.39 is 14.4 Å². The lowest BCUT2D eigenvalue weighted by atomic mass is 10.1. The largest absolute Gasteiger partial charge is 0.414 e. The zero-order valence-electron chi connectivity index (χ0n) is 12.0. The third-order valence-corrected chi connectivity index (χ3v) is 8.82. The predicted octanol–water partition coefficient (Wildman–Crippen LogP) is 2.48. The number of Topliss-reactive ketones (excluding diaryl/α,β-unsaturated/α-hetero) is 1. The van der Waals surface area contributed by atoms with Crippen molar-refractivity contribution in [3.63, 3.8) is 0 Å². The van der Waals surface area contributed by atoms with Gasteiger partial charge in [-0.25, -0.2) is 0 Å². The van der Waals surface area contributed by atoms with E-state index in [1.165, 1.54) is 0 Å². The average Bonchev–Trinajstić information content (AvgIpc) is 2.59. The topological polar surface area (TPSA) is 44.8 Å². The molecule has 3 atom stereocenters. The molecule has 2 aliphatic rings. The highest BCUT2D eigenvalue weighted by molar-refractivity contribution is 6.74. The van der Waals surface area contributed by atoms with Crippen molar-refractivity contribution >= 4 is 14.1 Å². The van der Waals surface area contributed by atoms with Crippen molar-refractivity contribution < 1.29 is 18.7 Å². The van der Waals surface area contributed by atoms with E-state index in [0.717, 1.165) is 0 Å². The first kappa shape index (κ1) is 14.2. The van der Waals surface area contributed by atoms with Crippen LogP contribution in [-0.2, 0) is 18.7 Å². The average molecular weight is 272 g/mol. The molecule has 0 amide bonds. The molecule has 104 valence electrons. The van der Waals surface area contributed by atoms with Crippen LogP contribution < -0.4 is 0 Å². The fraction of sp³-hybridized carbons (Fsp3) is 0.923. The maximum absolute atomic E-state index is 11.7. The van der Waals surface area contributed by atoms with Gasteiger partial charge in [-0.2, -0.15) is 0 Å². The van der Waals surface area contributed by atoms with Crippen molar-refractivity contribution in [2.75, 3.05) is 6.61 Å². The molecule has 0 saturated carbocycles. The summed E-state index contributed by atoms with van der Waals surface area (Å²) in [5.41, 5.74) is 0. The Hall–Kier alpha value is -0.233. The number of hydrogen-bond acceptors (Lipinski definition) is 4. The Morgan fingerprint density at radius 2 is 2.00 bits per heavy atom. The van der Waals surface area contributed by atoms with Crippen LogP contribution in [0.25, 0.3) is 0 Å². The SMILES string of the molecule is CC(C)(C)[Si](C)(C)OC[C@H]1O[C@@H]2CCC(=O)[C@H]1O2. The predicted molar refractivity (Wildman–Crippen MR) is 70.9 cm³/mol. The maximum atomic E-state index is 11.7. The molecular formula is C13H24O4Si. The molecule has 0 radical (unpaired) electrons. The highest BCUT2D eigenvalue weighted by atomic mass is 28.4. The summed E-state index contributed by atoms with van der Waals surface area (Å²) in [6.45, 7) is 11.5. The smallest absolute Gasteiger partial charge is 0.192 e. The normalized spacial score (nSPS) is 32.9. The number of hydrogen-bond donors (Lipinski definition) is 0. The Balaban J connectivity index is 1.93. The zero-order chi connectivity index (χ0) is 13.6. The number of ketones is 1. The van der Waals surface area contributed by atoms with Gasteiger partial charge >= 0.3 is 0 Å². The summed E-state index contributed by atoms with van der Waals surface area (Å²) in [6.07, 6.45) is 0.464. The molecule has 0 aromatic heterocycles. The van der Waals surface area contributed by atoms with Gasteiger partial charge in [-0.3, -0.25) is 4.79 Å². The molecule has 0 aliphatic carbocycles. The van der Waals surface area contributed by atoms with E-state index in [1.54, 1.807) is 0 Å². The lowest BCUT2D eigenvalue weighted by Crippen LogP contribution is -2.45. The van der Waals surface area contributed by atoms with Gasteiger partial charge in [0, 0.05) is 12.8 Å². The van der Waals surface area contributed by atoms with Crippen LogP contribution in [-0.4, -0.2) is 39.2 Å². The second-order valence-electron chi connectivity index (χ2n) is 6.74. The van der Waals surface area contributed by atoms with Gasteiger partial charge in [0.2, 0.25) is 0 Å². The monoisotopic (exact) mass is 272 g/mol. The van der Waals surface area contributed by atoms with Gasteiger partial charge in [-0.1, -0.05) is 20.8 Å². The summed E-state index contributed by atoms with van der Waals surface area (Å²) >= 11 is 0. The van der Waals surface area contributed by atoms with E-state index in [2.05, 4.69) is 33.9 Å². The first-order valence-electron chi connectivity index (χ1n) is 6.68. The van der Waals surface area contributed by atoms with Crippen LogP contribution in [0.2, 0.25) is 18.1 Å². The summed E-state index contributed by atoms with van der Waals surface area (Å²) in [7, 11) is -1.79. The van der Waals surface area contributed by atoms with E-state index >= 15 is 0 Å². The van der Waals surface area contributed by atoms with Gasteiger partial charge in [0.15, 0.2) is 20.4 Å². The summed E-state index contributed by atoms with van der Waals surface area (Å²) in [6, 6.07) is 0. The molecule has 0 aromatic rings. The number of fused-ring (bicyclic) bond motifs is 2. The minimum atomic E-state index is -1.79. The van der Waals surface area contributed by atoms with Crippen LogP contribution in [0.4, 0.5) is 0 Å². The van der Waals surface area contributed by atoms with Gasteiger partial charge in [0.05, 0.1) is 6.61 Å². The molecule has 2 aliphatic heterocycles. The Morgan fingerprint density at radius 3 is 2.61 bits per heavy atom. The van der Waals surface area contributed by atoms with Gasteiger partial charge in [-0.15, -0.1) is 0 Å². The van der Waals surface area contributed by atoms with Crippen molar-refractivity contribution in [2.24, 2.45) is 0 Å². The van der Waals surface area contributed by atoms with Crippen LogP contribution in [0, 0.1) is 0 Å². The van der Waals surface area contributed by atoms with Gasteiger partial charge < -0.3 is 13.9 Å². The van der Waals surface area contributed by atoms with Crippen molar-refractivity contribution in [3.05, 3.63) is 0 Å². The fourth-order valence-electron chi connectivity index (χ4n) is 2.00. The molecule has 2 fully saturated rings. The minimum absolute atomic E-state index is 0.160. The van der Waals surface area contributed by atoms with Crippen LogP contribution >= 0.6 is 0 Å². The quantitative estimate of drug-likeness (QED) is 0.740. The van der Waals surface area contributed by atoms with Crippen molar-refractivity contribution in [2.45, 2.75) is 70.2 Å². The van der Waals surface area contributed by atoms with E-state index in [9.17, 15) is 4.79 Å². The fourth-order valence-corrected chi connectivity index (χ4v) is 3.02. The molecule has 2 bridgehead atoms. The number of carbonyl (C=O) groups excluding carboxylic acids is 1. The Kier molecular flexibility index (Phi) is 3.71. The summed E-state index contributed by atoms with van der Waals surface area (Å²) in [5, 5.41) is 0.172. The van der Waals surface area contributed by atoms with E-state index in [1.807, 2.05) is 0 Å². The third kappa shape index (κ3) is 2.69. The highest BCUT2D eigenvalue weighted by Crippen LogP contribution is 2.37. The Labute approximate surface area is 110 Å². The third-order valence-electron chi connectivity index (χ3n) is 4.32. The highest BCUT2D eigenvalue weighted by Gasteiger charge is 2.46. The number of rotatable bonds is 3. The Morgan fingerprint density at radius 1 is 1.33 bits per heavy atom. The van der Waals surface area contributed by atoms with Crippen molar-refractivity contribution in [1.82, 2.24) is 0 Å². The molecule has 0 aromatic carbocycles. The second-order valence-corrected chi connectivity index (χ2v) is 11.5. The molecule has 2 rings (SSSR count). The van der Waals surface area contributed by atoms with Crippen LogP contribution in [0.1, 0.15) is 33.6 Å². The van der Waals surface area contributed by atoms with E-state index in [0.29, 0.717) is 19.4 Å². The molecule has 0 N–H and O–H groups in total. The van der Waals surface area contributed by atoms with Crippen molar-refractivity contribution in [1.29, 1.82) is 0 Å². The number of carbonyl (C=O) groups is 1. The summed E-state index contributed by atoms with van der Waals surface area (Å²) < 4.78 is 17.4.